The third kappa shape index (κ3) is 5.51. The number of hydrogen-bond donors (Lipinski definition) is 1. The van der Waals surface area contributed by atoms with Crippen LogP contribution in [-0.2, 0) is 24.2 Å². The first kappa shape index (κ1) is 21.8. The third-order valence-corrected chi connectivity index (χ3v) is 5.04. The summed E-state index contributed by atoms with van der Waals surface area (Å²) < 4.78 is 6.05. The van der Waals surface area contributed by atoms with Gasteiger partial charge in [-0.1, -0.05) is 6.07 Å². The number of rotatable bonds is 4. The van der Waals surface area contributed by atoms with E-state index in [1.54, 1.807) is 6.33 Å². The van der Waals surface area contributed by atoms with Crippen LogP contribution in [0.25, 0.3) is 0 Å². The van der Waals surface area contributed by atoms with E-state index in [-0.39, 0.29) is 24.8 Å². The van der Waals surface area contributed by atoms with Gasteiger partial charge in [0.25, 0.3) is 0 Å². The molecule has 0 saturated carbocycles. The van der Waals surface area contributed by atoms with E-state index in [2.05, 4.69) is 25.2 Å². The lowest BCUT2D eigenvalue weighted by Gasteiger charge is -2.34. The van der Waals surface area contributed by atoms with Crippen LogP contribution in [0.2, 0.25) is 0 Å². The van der Waals surface area contributed by atoms with Crippen LogP contribution in [0.1, 0.15) is 29.8 Å². The molecule has 0 aliphatic carbocycles. The van der Waals surface area contributed by atoms with Gasteiger partial charge in [0.1, 0.15) is 12.1 Å². The van der Waals surface area contributed by atoms with Crippen molar-refractivity contribution in [2.45, 2.75) is 38.4 Å². The number of nitrogens with one attached hydrogen (secondary N) is 1. The summed E-state index contributed by atoms with van der Waals surface area (Å²) in [6.45, 7) is 4.59. The molecule has 6 nitrogen and oxygen atoms in total. The van der Waals surface area contributed by atoms with Crippen molar-refractivity contribution in [2.24, 2.45) is 0 Å². The molecule has 0 aromatic carbocycles. The highest BCUT2D eigenvalue weighted by Gasteiger charge is 2.24. The second-order valence-electron chi connectivity index (χ2n) is 6.69. The monoisotopic (exact) mass is 411 g/mol. The van der Waals surface area contributed by atoms with Crippen LogP contribution in [-0.4, -0.2) is 47.2 Å². The first-order chi connectivity index (χ1) is 12.4. The molecule has 0 bridgehead atoms. The quantitative estimate of drug-likeness (QED) is 0.833. The highest BCUT2D eigenvalue weighted by atomic mass is 35.5. The number of pyridine rings is 1. The number of ether oxygens (including phenoxy) is 1. The Balaban J connectivity index is 0.00000131. The molecule has 0 spiro atoms. The van der Waals surface area contributed by atoms with Crippen LogP contribution in [0.5, 0.6) is 0 Å². The van der Waals surface area contributed by atoms with E-state index >= 15 is 0 Å². The van der Waals surface area contributed by atoms with Crippen molar-refractivity contribution >= 4 is 30.6 Å². The largest absolute Gasteiger partial charge is 0.372 e. The highest BCUT2D eigenvalue weighted by molar-refractivity contribution is 5.85. The van der Waals surface area contributed by atoms with Crippen LogP contribution in [0.15, 0.2) is 30.7 Å². The van der Waals surface area contributed by atoms with Crippen LogP contribution in [0.3, 0.4) is 0 Å². The fraction of sp³-hybridized carbons (Fsp3) is 0.526. The fourth-order valence-electron chi connectivity index (χ4n) is 3.65. The molecule has 1 saturated heterocycles. The average molecular weight is 412 g/mol. The molecule has 27 heavy (non-hydrogen) atoms. The zero-order chi connectivity index (χ0) is 16.9. The Morgan fingerprint density at radius 3 is 2.63 bits per heavy atom. The van der Waals surface area contributed by atoms with Crippen molar-refractivity contribution in [3.8, 4) is 0 Å². The van der Waals surface area contributed by atoms with Gasteiger partial charge >= 0.3 is 0 Å². The minimum Gasteiger partial charge on any atom is -0.372 e. The maximum Gasteiger partial charge on any atom is 0.135 e. The molecule has 4 rings (SSSR count). The summed E-state index contributed by atoms with van der Waals surface area (Å²) in [7, 11) is 0. The van der Waals surface area contributed by atoms with Crippen molar-refractivity contribution in [1.82, 2.24) is 20.3 Å². The lowest BCUT2D eigenvalue weighted by Crippen LogP contribution is -2.38. The molecule has 8 heteroatoms. The smallest absolute Gasteiger partial charge is 0.135 e. The number of nitrogens with zero attached hydrogens (tertiary/aromatic N) is 4. The molecule has 1 fully saturated rings. The molecule has 0 atom stereocenters. The summed E-state index contributed by atoms with van der Waals surface area (Å²) in [6, 6.07) is 5.95. The van der Waals surface area contributed by atoms with Gasteiger partial charge in [0.15, 0.2) is 0 Å². The number of fused-ring (bicyclic) bond motifs is 1. The predicted octanol–water partition coefficient (Wildman–Crippen LogP) is 2.59. The Labute approximate surface area is 173 Å². The third-order valence-electron chi connectivity index (χ3n) is 5.04. The van der Waals surface area contributed by atoms with Gasteiger partial charge in [-0.25, -0.2) is 9.97 Å². The molecule has 0 amide bonds. The van der Waals surface area contributed by atoms with Gasteiger partial charge in [0.05, 0.1) is 24.1 Å². The van der Waals surface area contributed by atoms with Gasteiger partial charge in [-0.2, -0.15) is 0 Å². The molecule has 2 aliphatic rings. The van der Waals surface area contributed by atoms with Crippen molar-refractivity contribution in [3.63, 3.8) is 0 Å². The molecular weight excluding hydrogens is 385 g/mol. The first-order valence-electron chi connectivity index (χ1n) is 9.20. The van der Waals surface area contributed by atoms with Crippen molar-refractivity contribution in [2.75, 3.05) is 31.1 Å². The van der Waals surface area contributed by atoms with Gasteiger partial charge < -0.3 is 15.0 Å². The van der Waals surface area contributed by atoms with Gasteiger partial charge in [-0.3, -0.25) is 4.98 Å². The summed E-state index contributed by atoms with van der Waals surface area (Å²) in [5.41, 5.74) is 3.54. The van der Waals surface area contributed by atoms with Crippen LogP contribution in [0.4, 0.5) is 5.82 Å². The van der Waals surface area contributed by atoms with Gasteiger partial charge in [0.2, 0.25) is 0 Å². The standard InChI is InChI=1S/C19H25N5O.2ClH/c1-2-8-21-15(3-1)13-25-16-6-11-24(12-7-16)19-17-4-9-20-10-5-18(17)22-14-23-19;;/h1-3,8,14,16,20H,4-7,9-13H2;2*1H. The first-order valence-corrected chi connectivity index (χ1v) is 9.20. The van der Waals surface area contributed by atoms with Crippen LogP contribution >= 0.6 is 24.8 Å². The topological polar surface area (TPSA) is 63.2 Å². The molecule has 0 radical (unpaired) electrons. The maximum atomic E-state index is 6.05. The van der Waals surface area contributed by atoms with Crippen molar-refractivity contribution < 1.29 is 4.74 Å². The minimum absolute atomic E-state index is 0. The molecule has 2 aromatic heterocycles. The summed E-state index contributed by atoms with van der Waals surface area (Å²) in [4.78, 5) is 15.8. The van der Waals surface area contributed by atoms with E-state index in [1.807, 2.05) is 24.4 Å². The number of piperidine rings is 1. The SMILES string of the molecule is Cl.Cl.c1ccc(COC2CCN(c3ncnc4c3CCNCC4)CC2)nc1. The fourth-order valence-corrected chi connectivity index (χ4v) is 3.65. The van der Waals surface area contributed by atoms with Crippen molar-refractivity contribution in [1.29, 1.82) is 0 Å². The van der Waals surface area contributed by atoms with Crippen LogP contribution < -0.4 is 10.2 Å². The maximum absolute atomic E-state index is 6.05. The van der Waals surface area contributed by atoms with Gasteiger partial charge in [0, 0.05) is 37.8 Å². The predicted molar refractivity (Wildman–Crippen MR) is 111 cm³/mol. The van der Waals surface area contributed by atoms with E-state index < -0.39 is 0 Å². The number of halogens is 2. The Morgan fingerprint density at radius 1 is 1.04 bits per heavy atom. The highest BCUT2D eigenvalue weighted by Crippen LogP contribution is 2.26. The summed E-state index contributed by atoms with van der Waals surface area (Å²) in [5, 5.41) is 3.45. The number of hydrogen-bond acceptors (Lipinski definition) is 6. The van der Waals surface area contributed by atoms with E-state index in [1.165, 1.54) is 11.3 Å². The molecular formula is C19H27Cl2N5O. The molecule has 2 aliphatic heterocycles. The van der Waals surface area contributed by atoms with E-state index in [0.717, 1.165) is 63.4 Å². The van der Waals surface area contributed by atoms with E-state index in [9.17, 15) is 0 Å². The second-order valence-corrected chi connectivity index (χ2v) is 6.69. The Bertz CT molecular complexity index is 696. The molecule has 0 unspecified atom stereocenters. The normalized spacial score (nSPS) is 17.3. The lowest BCUT2D eigenvalue weighted by atomic mass is 10.0. The molecule has 148 valence electrons. The van der Waals surface area contributed by atoms with E-state index in [4.69, 9.17) is 4.74 Å². The number of aromatic nitrogens is 3. The average Bonchev–Trinajstić information content (AvgIpc) is 2.93. The lowest BCUT2D eigenvalue weighted by molar-refractivity contribution is 0.0233. The summed E-state index contributed by atoms with van der Waals surface area (Å²) >= 11 is 0. The zero-order valence-corrected chi connectivity index (χ0v) is 17.0. The second kappa shape index (κ2) is 10.8. The summed E-state index contributed by atoms with van der Waals surface area (Å²) in [5.74, 6) is 1.14. The van der Waals surface area contributed by atoms with Crippen molar-refractivity contribution in [3.05, 3.63) is 47.7 Å². The van der Waals surface area contributed by atoms with E-state index in [0.29, 0.717) is 12.7 Å². The Kier molecular flexibility index (Phi) is 8.70. The molecule has 1 N–H and O–H groups in total. The Morgan fingerprint density at radius 2 is 1.85 bits per heavy atom. The molecule has 2 aromatic rings. The number of anilines is 1. The van der Waals surface area contributed by atoms with Gasteiger partial charge in [-0.05, 0) is 37.9 Å². The zero-order valence-electron chi connectivity index (χ0n) is 15.3. The molecule has 4 heterocycles. The summed E-state index contributed by atoms with van der Waals surface area (Å²) in [6.07, 6.45) is 7.92. The Hall–Kier alpha value is -1.47. The van der Waals surface area contributed by atoms with Crippen LogP contribution in [0, 0.1) is 0 Å². The van der Waals surface area contributed by atoms with Gasteiger partial charge in [-0.15, -0.1) is 24.8 Å². The minimum atomic E-state index is 0.